The number of urea groups is 1. The van der Waals surface area contributed by atoms with Gasteiger partial charge in [-0.05, 0) is 40.2 Å². The van der Waals surface area contributed by atoms with Crippen LogP contribution in [0.3, 0.4) is 0 Å². The summed E-state index contributed by atoms with van der Waals surface area (Å²) >= 11 is 15.1. The van der Waals surface area contributed by atoms with Crippen LogP contribution in [0.2, 0.25) is 10.0 Å². The van der Waals surface area contributed by atoms with E-state index in [1.165, 1.54) is 12.1 Å². The van der Waals surface area contributed by atoms with Gasteiger partial charge in [-0.2, -0.15) is 0 Å². The van der Waals surface area contributed by atoms with Crippen molar-refractivity contribution in [3.63, 3.8) is 0 Å². The van der Waals surface area contributed by atoms with Crippen molar-refractivity contribution in [1.29, 1.82) is 0 Å². The molecule has 0 aliphatic rings. The summed E-state index contributed by atoms with van der Waals surface area (Å²) in [4.78, 5) is 23.8. The first kappa shape index (κ1) is 15.8. The van der Waals surface area contributed by atoms with E-state index >= 15 is 0 Å². The third-order valence-corrected chi connectivity index (χ3v) is 3.86. The van der Waals surface area contributed by atoms with E-state index in [1.54, 1.807) is 24.3 Å². The van der Waals surface area contributed by atoms with Crippen molar-refractivity contribution in [3.05, 3.63) is 62.5 Å². The van der Waals surface area contributed by atoms with Crippen molar-refractivity contribution in [3.8, 4) is 0 Å². The van der Waals surface area contributed by atoms with Crippen LogP contribution in [0.4, 0.5) is 10.5 Å². The zero-order chi connectivity index (χ0) is 15.4. The predicted octanol–water partition coefficient (Wildman–Crippen LogP) is 4.72. The molecule has 0 aliphatic heterocycles. The van der Waals surface area contributed by atoms with E-state index in [-0.39, 0.29) is 15.6 Å². The lowest BCUT2D eigenvalue weighted by Gasteiger charge is -2.09. The van der Waals surface area contributed by atoms with Gasteiger partial charge >= 0.3 is 6.03 Å². The molecule has 0 aliphatic carbocycles. The van der Waals surface area contributed by atoms with E-state index in [4.69, 9.17) is 23.2 Å². The molecular weight excluding hydrogens is 379 g/mol. The number of halogens is 3. The van der Waals surface area contributed by atoms with Crippen LogP contribution >= 0.6 is 39.1 Å². The number of anilines is 1. The number of hydrogen-bond acceptors (Lipinski definition) is 2. The molecule has 0 spiro atoms. The van der Waals surface area contributed by atoms with E-state index in [0.717, 1.165) is 0 Å². The molecule has 2 aromatic carbocycles. The van der Waals surface area contributed by atoms with Crippen LogP contribution in [0.1, 0.15) is 10.4 Å². The van der Waals surface area contributed by atoms with Crippen molar-refractivity contribution in [2.45, 2.75) is 0 Å². The fourth-order valence-corrected chi connectivity index (χ4v) is 2.55. The van der Waals surface area contributed by atoms with Crippen molar-refractivity contribution in [1.82, 2.24) is 5.32 Å². The van der Waals surface area contributed by atoms with E-state index in [2.05, 4.69) is 26.6 Å². The Kier molecular flexibility index (Phi) is 5.22. The van der Waals surface area contributed by atoms with Crippen LogP contribution in [-0.2, 0) is 0 Å². The molecule has 0 unspecified atom stereocenters. The molecule has 108 valence electrons. The summed E-state index contributed by atoms with van der Waals surface area (Å²) in [5, 5.41) is 5.07. The molecule has 7 heteroatoms. The monoisotopic (exact) mass is 386 g/mol. The number of hydrogen-bond donors (Lipinski definition) is 2. The zero-order valence-electron chi connectivity index (χ0n) is 10.5. The van der Waals surface area contributed by atoms with Crippen molar-refractivity contribution in [2.24, 2.45) is 0 Å². The number of carbonyl (C=O) groups excluding carboxylic acids is 2. The summed E-state index contributed by atoms with van der Waals surface area (Å²) in [6.45, 7) is 0. The van der Waals surface area contributed by atoms with Gasteiger partial charge in [-0.3, -0.25) is 10.1 Å². The summed E-state index contributed by atoms with van der Waals surface area (Å²) in [5.74, 6) is -0.671. The lowest BCUT2D eigenvalue weighted by molar-refractivity contribution is 0.0967. The van der Waals surface area contributed by atoms with Crippen LogP contribution in [0, 0.1) is 0 Å². The number of para-hydroxylation sites is 1. The zero-order valence-corrected chi connectivity index (χ0v) is 13.6. The second-order valence-electron chi connectivity index (χ2n) is 3.98. The molecule has 0 saturated carbocycles. The van der Waals surface area contributed by atoms with Gasteiger partial charge in [-0.25, -0.2) is 4.79 Å². The summed E-state index contributed by atoms with van der Waals surface area (Å²) in [5.41, 5.74) is 0.594. The summed E-state index contributed by atoms with van der Waals surface area (Å²) in [6, 6.07) is 11.0. The topological polar surface area (TPSA) is 58.2 Å². The standard InChI is InChI=1S/C14H9BrCl2N2O2/c15-8-4-1-2-7-11(8)18-14(21)19-13(20)12-9(16)5-3-6-10(12)17/h1-7H,(H2,18,19,20,21). The van der Waals surface area contributed by atoms with Gasteiger partial charge < -0.3 is 5.32 Å². The fraction of sp³-hybridized carbons (Fsp3) is 0. The van der Waals surface area contributed by atoms with Gasteiger partial charge in [-0.1, -0.05) is 41.4 Å². The average Bonchev–Trinajstić information content (AvgIpc) is 2.41. The summed E-state index contributed by atoms with van der Waals surface area (Å²) in [6.07, 6.45) is 0. The highest BCUT2D eigenvalue weighted by Crippen LogP contribution is 2.24. The van der Waals surface area contributed by atoms with Crippen LogP contribution in [0.15, 0.2) is 46.9 Å². The smallest absolute Gasteiger partial charge is 0.307 e. The Morgan fingerprint density at radius 2 is 1.57 bits per heavy atom. The van der Waals surface area contributed by atoms with Gasteiger partial charge in [0.15, 0.2) is 0 Å². The maximum atomic E-state index is 12.0. The summed E-state index contributed by atoms with van der Waals surface area (Å²) < 4.78 is 0.698. The maximum Gasteiger partial charge on any atom is 0.326 e. The molecule has 21 heavy (non-hydrogen) atoms. The van der Waals surface area contributed by atoms with Gasteiger partial charge in [0.05, 0.1) is 21.3 Å². The molecule has 0 radical (unpaired) electrons. The maximum absolute atomic E-state index is 12.0. The van der Waals surface area contributed by atoms with E-state index in [1.807, 2.05) is 6.07 Å². The quantitative estimate of drug-likeness (QED) is 0.783. The third-order valence-electron chi connectivity index (χ3n) is 2.54. The lowest BCUT2D eigenvalue weighted by atomic mass is 10.2. The van der Waals surface area contributed by atoms with E-state index in [0.29, 0.717) is 10.2 Å². The number of amides is 3. The third kappa shape index (κ3) is 3.97. The normalized spacial score (nSPS) is 10.0. The molecule has 2 N–H and O–H groups in total. The minimum atomic E-state index is -0.678. The first-order chi connectivity index (χ1) is 9.99. The Bertz CT molecular complexity index is 687. The van der Waals surface area contributed by atoms with E-state index in [9.17, 15) is 9.59 Å². The molecule has 0 saturated heterocycles. The van der Waals surface area contributed by atoms with Gasteiger partial charge in [-0.15, -0.1) is 0 Å². The molecule has 0 atom stereocenters. The lowest BCUT2D eigenvalue weighted by Crippen LogP contribution is -2.34. The van der Waals surface area contributed by atoms with Gasteiger partial charge in [0.2, 0.25) is 0 Å². The molecule has 2 aromatic rings. The number of rotatable bonds is 2. The molecule has 0 bridgehead atoms. The Hall–Kier alpha value is -1.56. The molecule has 0 heterocycles. The number of carbonyl (C=O) groups is 2. The Morgan fingerprint density at radius 3 is 2.19 bits per heavy atom. The van der Waals surface area contributed by atoms with Crippen LogP contribution < -0.4 is 10.6 Å². The largest absolute Gasteiger partial charge is 0.326 e. The van der Waals surface area contributed by atoms with Crippen molar-refractivity contribution in [2.75, 3.05) is 5.32 Å². The highest BCUT2D eigenvalue weighted by atomic mass is 79.9. The molecule has 3 amide bonds. The first-order valence-electron chi connectivity index (χ1n) is 5.80. The number of imide groups is 1. The minimum Gasteiger partial charge on any atom is -0.307 e. The second kappa shape index (κ2) is 6.93. The molecule has 2 rings (SSSR count). The predicted molar refractivity (Wildman–Crippen MR) is 87.1 cm³/mol. The Balaban J connectivity index is 2.10. The molecule has 0 aromatic heterocycles. The first-order valence-corrected chi connectivity index (χ1v) is 7.35. The summed E-state index contributed by atoms with van der Waals surface area (Å²) in [7, 11) is 0. The second-order valence-corrected chi connectivity index (χ2v) is 5.65. The SMILES string of the molecule is O=C(NC(=O)c1c(Cl)cccc1Cl)Nc1ccccc1Br. The highest BCUT2D eigenvalue weighted by molar-refractivity contribution is 9.10. The molecule has 0 fully saturated rings. The van der Waals surface area contributed by atoms with Crippen LogP contribution in [-0.4, -0.2) is 11.9 Å². The average molecular weight is 388 g/mol. The fourth-order valence-electron chi connectivity index (χ4n) is 1.60. The Morgan fingerprint density at radius 1 is 0.952 bits per heavy atom. The minimum absolute atomic E-state index is 0.0584. The van der Waals surface area contributed by atoms with Crippen molar-refractivity contribution < 1.29 is 9.59 Å². The van der Waals surface area contributed by atoms with Gasteiger partial charge in [0.25, 0.3) is 5.91 Å². The van der Waals surface area contributed by atoms with Crippen LogP contribution in [0.5, 0.6) is 0 Å². The number of nitrogens with one attached hydrogen (secondary N) is 2. The van der Waals surface area contributed by atoms with Gasteiger partial charge in [0, 0.05) is 4.47 Å². The molecule has 4 nitrogen and oxygen atoms in total. The van der Waals surface area contributed by atoms with Crippen LogP contribution in [0.25, 0.3) is 0 Å². The van der Waals surface area contributed by atoms with Crippen molar-refractivity contribution >= 4 is 56.8 Å². The Labute approximate surface area is 139 Å². The number of benzene rings is 2. The highest BCUT2D eigenvalue weighted by Gasteiger charge is 2.17. The van der Waals surface area contributed by atoms with E-state index < -0.39 is 11.9 Å². The van der Waals surface area contributed by atoms with Gasteiger partial charge in [0.1, 0.15) is 0 Å². The molecular formula is C14H9BrCl2N2O2.